The minimum absolute atomic E-state index is 0.231. The molecular weight excluding hydrogens is 320 g/mol. The van der Waals surface area contributed by atoms with Gasteiger partial charge in [-0.15, -0.1) is 0 Å². The summed E-state index contributed by atoms with van der Waals surface area (Å²) < 4.78 is 5.29. The summed E-state index contributed by atoms with van der Waals surface area (Å²) in [6, 6.07) is 8.12. The van der Waals surface area contributed by atoms with Crippen LogP contribution in [0.15, 0.2) is 29.3 Å². The van der Waals surface area contributed by atoms with Crippen LogP contribution in [-0.2, 0) is 11.2 Å². The van der Waals surface area contributed by atoms with Crippen molar-refractivity contribution in [1.82, 2.24) is 9.88 Å². The summed E-state index contributed by atoms with van der Waals surface area (Å²) in [5.41, 5.74) is 2.11. The Balaban J connectivity index is 1.77. The Labute approximate surface area is 147 Å². The van der Waals surface area contributed by atoms with E-state index in [0.29, 0.717) is 5.75 Å². The van der Waals surface area contributed by atoms with Crippen LogP contribution in [0, 0.1) is 0 Å². The largest absolute Gasteiger partial charge is 0.497 e. The van der Waals surface area contributed by atoms with Gasteiger partial charge in [-0.2, -0.15) is 0 Å². The van der Waals surface area contributed by atoms with Crippen molar-refractivity contribution in [2.24, 2.45) is 0 Å². The number of pyridine rings is 1. The summed E-state index contributed by atoms with van der Waals surface area (Å²) in [6.45, 7) is 3.94. The molecule has 3 rings (SSSR count). The molecule has 0 bridgehead atoms. The number of benzene rings is 1. The van der Waals surface area contributed by atoms with E-state index in [9.17, 15) is 4.79 Å². The first-order valence-corrected chi connectivity index (χ1v) is 9.58. The lowest BCUT2D eigenvalue weighted by atomic mass is 10.1. The summed E-state index contributed by atoms with van der Waals surface area (Å²) >= 11 is 1.56. The minimum atomic E-state index is 0.231. The van der Waals surface area contributed by atoms with Crippen LogP contribution in [0.4, 0.5) is 0 Å². The average molecular weight is 344 g/mol. The zero-order chi connectivity index (χ0) is 16.9. The maximum atomic E-state index is 12.4. The second-order valence-electron chi connectivity index (χ2n) is 6.09. The van der Waals surface area contributed by atoms with Crippen molar-refractivity contribution in [1.29, 1.82) is 0 Å². The molecule has 0 spiro atoms. The fourth-order valence-corrected chi connectivity index (χ4v) is 4.04. The molecular formula is C19H24N2O2S. The SMILES string of the molecule is CCc1cc2ccc(OC)cc2nc1SCC(=O)N1CCCCC1. The molecule has 1 amide bonds. The van der Waals surface area contributed by atoms with E-state index in [1.807, 2.05) is 23.1 Å². The molecule has 4 nitrogen and oxygen atoms in total. The molecule has 0 saturated carbocycles. The molecule has 0 unspecified atom stereocenters. The number of hydrogen-bond acceptors (Lipinski definition) is 4. The number of ether oxygens (including phenoxy) is 1. The van der Waals surface area contributed by atoms with Gasteiger partial charge in [0.2, 0.25) is 5.91 Å². The second-order valence-corrected chi connectivity index (χ2v) is 7.06. The molecule has 5 heteroatoms. The Morgan fingerprint density at radius 2 is 2.04 bits per heavy atom. The Kier molecular flexibility index (Phi) is 5.61. The van der Waals surface area contributed by atoms with Crippen LogP contribution in [0.5, 0.6) is 5.75 Å². The first-order valence-electron chi connectivity index (χ1n) is 8.59. The van der Waals surface area contributed by atoms with Gasteiger partial charge < -0.3 is 9.64 Å². The molecule has 2 aromatic rings. The molecule has 24 heavy (non-hydrogen) atoms. The van der Waals surface area contributed by atoms with Crippen molar-refractivity contribution in [2.75, 3.05) is 26.0 Å². The first kappa shape index (κ1) is 17.1. The third kappa shape index (κ3) is 3.83. The number of aromatic nitrogens is 1. The highest BCUT2D eigenvalue weighted by Crippen LogP contribution is 2.28. The molecule has 1 saturated heterocycles. The maximum absolute atomic E-state index is 12.4. The fourth-order valence-electron chi connectivity index (χ4n) is 3.04. The minimum Gasteiger partial charge on any atom is -0.497 e. The van der Waals surface area contributed by atoms with E-state index in [0.717, 1.165) is 54.0 Å². The van der Waals surface area contributed by atoms with Gasteiger partial charge in [-0.1, -0.05) is 18.7 Å². The molecule has 1 aliphatic rings. The lowest BCUT2D eigenvalue weighted by molar-refractivity contribution is -0.129. The van der Waals surface area contributed by atoms with Gasteiger partial charge in [-0.05, 0) is 49.4 Å². The van der Waals surface area contributed by atoms with Gasteiger partial charge >= 0.3 is 0 Å². The summed E-state index contributed by atoms with van der Waals surface area (Å²) in [6.07, 6.45) is 4.41. The van der Waals surface area contributed by atoms with Gasteiger partial charge in [0, 0.05) is 24.5 Å². The number of methoxy groups -OCH3 is 1. The molecule has 128 valence electrons. The Morgan fingerprint density at radius 1 is 1.25 bits per heavy atom. The van der Waals surface area contributed by atoms with E-state index in [2.05, 4.69) is 13.0 Å². The van der Waals surface area contributed by atoms with E-state index >= 15 is 0 Å². The van der Waals surface area contributed by atoms with Crippen molar-refractivity contribution in [3.05, 3.63) is 29.8 Å². The molecule has 1 aliphatic heterocycles. The number of nitrogens with zero attached hydrogens (tertiary/aromatic N) is 2. The predicted molar refractivity (Wildman–Crippen MR) is 98.8 cm³/mol. The zero-order valence-corrected chi connectivity index (χ0v) is 15.2. The Morgan fingerprint density at radius 3 is 2.75 bits per heavy atom. The number of aryl methyl sites for hydroxylation is 1. The summed E-state index contributed by atoms with van der Waals surface area (Å²) in [7, 11) is 1.66. The van der Waals surface area contributed by atoms with Gasteiger partial charge in [0.15, 0.2) is 0 Å². The maximum Gasteiger partial charge on any atom is 0.232 e. The summed E-state index contributed by atoms with van der Waals surface area (Å²) in [5, 5.41) is 2.07. The Bertz CT molecular complexity index is 727. The van der Waals surface area contributed by atoms with Crippen molar-refractivity contribution in [3.63, 3.8) is 0 Å². The number of piperidine rings is 1. The van der Waals surface area contributed by atoms with E-state index < -0.39 is 0 Å². The number of carbonyl (C=O) groups excluding carboxylic acids is 1. The number of thioether (sulfide) groups is 1. The van der Waals surface area contributed by atoms with Crippen LogP contribution in [-0.4, -0.2) is 41.7 Å². The third-order valence-electron chi connectivity index (χ3n) is 4.49. The summed E-state index contributed by atoms with van der Waals surface area (Å²) in [5.74, 6) is 1.50. The standard InChI is InChI=1S/C19H24N2O2S/c1-3-14-11-15-7-8-16(23-2)12-17(15)20-19(14)24-13-18(22)21-9-5-4-6-10-21/h7-8,11-12H,3-6,9-10,13H2,1-2H3. The zero-order valence-electron chi connectivity index (χ0n) is 14.4. The summed E-state index contributed by atoms with van der Waals surface area (Å²) in [4.78, 5) is 19.2. The Hall–Kier alpha value is -1.75. The molecule has 1 aromatic heterocycles. The van der Waals surface area contributed by atoms with E-state index in [1.165, 1.54) is 12.0 Å². The van der Waals surface area contributed by atoms with Crippen LogP contribution in [0.2, 0.25) is 0 Å². The number of amides is 1. The van der Waals surface area contributed by atoms with E-state index in [4.69, 9.17) is 9.72 Å². The van der Waals surface area contributed by atoms with Crippen molar-refractivity contribution < 1.29 is 9.53 Å². The number of likely N-dealkylation sites (tertiary alicyclic amines) is 1. The molecule has 1 aromatic carbocycles. The second kappa shape index (κ2) is 7.88. The van der Waals surface area contributed by atoms with Crippen LogP contribution < -0.4 is 4.74 Å². The van der Waals surface area contributed by atoms with Crippen molar-refractivity contribution >= 4 is 28.6 Å². The van der Waals surface area contributed by atoms with Crippen LogP contribution in [0.1, 0.15) is 31.7 Å². The number of fused-ring (bicyclic) bond motifs is 1. The van der Waals surface area contributed by atoms with Crippen LogP contribution >= 0.6 is 11.8 Å². The average Bonchev–Trinajstić information content (AvgIpc) is 2.65. The molecule has 0 N–H and O–H groups in total. The van der Waals surface area contributed by atoms with E-state index in [-0.39, 0.29) is 5.91 Å². The number of hydrogen-bond donors (Lipinski definition) is 0. The van der Waals surface area contributed by atoms with E-state index in [1.54, 1.807) is 18.9 Å². The lowest BCUT2D eigenvalue weighted by Gasteiger charge is -2.26. The highest BCUT2D eigenvalue weighted by Gasteiger charge is 2.17. The van der Waals surface area contributed by atoms with Crippen molar-refractivity contribution in [3.8, 4) is 5.75 Å². The van der Waals surface area contributed by atoms with Gasteiger partial charge in [0.25, 0.3) is 0 Å². The van der Waals surface area contributed by atoms with Gasteiger partial charge in [-0.25, -0.2) is 4.98 Å². The van der Waals surface area contributed by atoms with Gasteiger partial charge in [-0.3, -0.25) is 4.79 Å². The third-order valence-corrected chi connectivity index (χ3v) is 5.50. The lowest BCUT2D eigenvalue weighted by Crippen LogP contribution is -2.36. The highest BCUT2D eigenvalue weighted by atomic mass is 32.2. The van der Waals surface area contributed by atoms with Crippen LogP contribution in [0.25, 0.3) is 10.9 Å². The van der Waals surface area contributed by atoms with Crippen LogP contribution in [0.3, 0.4) is 0 Å². The predicted octanol–water partition coefficient (Wildman–Crippen LogP) is 3.91. The monoisotopic (exact) mass is 344 g/mol. The van der Waals surface area contributed by atoms with Gasteiger partial charge in [0.05, 0.1) is 18.4 Å². The molecule has 2 heterocycles. The number of rotatable bonds is 5. The smallest absolute Gasteiger partial charge is 0.232 e. The fraction of sp³-hybridized carbons (Fsp3) is 0.474. The molecule has 0 radical (unpaired) electrons. The molecule has 0 aliphatic carbocycles. The topological polar surface area (TPSA) is 42.4 Å². The number of carbonyl (C=O) groups is 1. The molecule has 1 fully saturated rings. The quantitative estimate of drug-likeness (QED) is 0.771. The molecule has 0 atom stereocenters. The van der Waals surface area contributed by atoms with Gasteiger partial charge in [0.1, 0.15) is 10.8 Å². The first-order chi connectivity index (χ1) is 11.7. The normalized spacial score (nSPS) is 14.8. The highest BCUT2D eigenvalue weighted by molar-refractivity contribution is 7.99. The van der Waals surface area contributed by atoms with Crippen molar-refractivity contribution in [2.45, 2.75) is 37.6 Å².